The number of allylic oxidation sites excluding steroid dienone is 5. The van der Waals surface area contributed by atoms with Crippen LogP contribution < -0.4 is 0 Å². The molecule has 1 heteroatoms. The fourth-order valence-electron chi connectivity index (χ4n) is 1.12. The van der Waals surface area contributed by atoms with Crippen molar-refractivity contribution < 1.29 is 0 Å². The molecule has 0 radical (unpaired) electrons. The van der Waals surface area contributed by atoms with E-state index in [1.807, 2.05) is 13.0 Å². The van der Waals surface area contributed by atoms with Gasteiger partial charge in [-0.05, 0) is 24.5 Å². The third-order valence-electron chi connectivity index (χ3n) is 1.65. The Morgan fingerprint density at radius 2 is 2.08 bits per heavy atom. The first-order valence-electron chi connectivity index (χ1n) is 4.06. The van der Waals surface area contributed by atoms with Crippen LogP contribution in [0.4, 0.5) is 0 Å². The molecule has 0 saturated heterocycles. The van der Waals surface area contributed by atoms with E-state index in [-0.39, 0.29) is 0 Å². The van der Waals surface area contributed by atoms with Gasteiger partial charge in [0.15, 0.2) is 0 Å². The quantitative estimate of drug-likeness (QED) is 0.460. The van der Waals surface area contributed by atoms with E-state index in [1.165, 1.54) is 0 Å². The molecule has 0 N–H and O–H groups in total. The topological polar surface area (TPSA) is 23.8 Å². The van der Waals surface area contributed by atoms with Crippen molar-refractivity contribution in [2.24, 2.45) is 5.92 Å². The summed E-state index contributed by atoms with van der Waals surface area (Å²) in [7, 11) is 0. The summed E-state index contributed by atoms with van der Waals surface area (Å²) < 4.78 is 0. The molecular weight excluding hydrogens is 146 g/mol. The van der Waals surface area contributed by atoms with Crippen LogP contribution in [0.1, 0.15) is 20.8 Å². The van der Waals surface area contributed by atoms with Crippen LogP contribution in [0.15, 0.2) is 36.0 Å². The molecule has 0 saturated carbocycles. The van der Waals surface area contributed by atoms with Gasteiger partial charge in [-0.1, -0.05) is 32.6 Å². The molecule has 0 spiro atoms. The minimum Gasteiger partial charge on any atom is -0.192 e. The lowest BCUT2D eigenvalue weighted by molar-refractivity contribution is 0.782. The summed E-state index contributed by atoms with van der Waals surface area (Å²) in [6, 6.07) is 2.16. The predicted molar refractivity (Wildman–Crippen MR) is 52.5 cm³/mol. The molecule has 0 amide bonds. The Balaban J connectivity index is 4.86. The molecule has 0 fully saturated rings. The first kappa shape index (κ1) is 10.7. The largest absolute Gasteiger partial charge is 0.192 e. The first-order valence-corrected chi connectivity index (χ1v) is 4.06. The molecule has 0 unspecified atom stereocenters. The van der Waals surface area contributed by atoms with Gasteiger partial charge in [-0.2, -0.15) is 5.26 Å². The first-order chi connectivity index (χ1) is 5.67. The summed E-state index contributed by atoms with van der Waals surface area (Å²) in [5, 5.41) is 8.80. The van der Waals surface area contributed by atoms with Crippen LogP contribution in [0, 0.1) is 17.2 Å². The zero-order chi connectivity index (χ0) is 9.56. The normalized spacial score (nSPS) is 12.9. The number of nitriles is 1. The van der Waals surface area contributed by atoms with Gasteiger partial charge in [0.2, 0.25) is 0 Å². The van der Waals surface area contributed by atoms with Crippen molar-refractivity contribution >= 4 is 0 Å². The monoisotopic (exact) mass is 161 g/mol. The molecule has 0 atom stereocenters. The van der Waals surface area contributed by atoms with Crippen LogP contribution in [-0.4, -0.2) is 0 Å². The highest BCUT2D eigenvalue weighted by atomic mass is 14.3. The molecule has 0 aliphatic heterocycles. The van der Waals surface area contributed by atoms with Crippen LogP contribution in [0.25, 0.3) is 0 Å². The van der Waals surface area contributed by atoms with E-state index in [1.54, 1.807) is 12.2 Å². The van der Waals surface area contributed by atoms with Crippen LogP contribution in [-0.2, 0) is 0 Å². The number of nitrogens with zero attached hydrogens (tertiary/aromatic N) is 1. The van der Waals surface area contributed by atoms with Gasteiger partial charge in [0.1, 0.15) is 0 Å². The third-order valence-corrected chi connectivity index (χ3v) is 1.65. The SMILES string of the molecule is C=C/C=C(C#N)\C(=C/C)C(C)C. The van der Waals surface area contributed by atoms with Crippen molar-refractivity contribution in [1.29, 1.82) is 5.26 Å². The summed E-state index contributed by atoms with van der Waals surface area (Å²) in [6.07, 6.45) is 5.36. The molecule has 1 nitrogen and oxygen atoms in total. The van der Waals surface area contributed by atoms with E-state index in [0.717, 1.165) is 5.57 Å². The van der Waals surface area contributed by atoms with Crippen molar-refractivity contribution in [2.75, 3.05) is 0 Å². The summed E-state index contributed by atoms with van der Waals surface area (Å²) in [5.74, 6) is 0.390. The predicted octanol–water partition coefficient (Wildman–Crippen LogP) is 3.22. The molecule has 0 heterocycles. The highest BCUT2D eigenvalue weighted by molar-refractivity contribution is 5.44. The van der Waals surface area contributed by atoms with Crippen molar-refractivity contribution in [3.8, 4) is 6.07 Å². The van der Waals surface area contributed by atoms with E-state index in [9.17, 15) is 0 Å². The Bertz CT molecular complexity index is 249. The third kappa shape index (κ3) is 2.75. The average Bonchev–Trinajstić information content (AvgIpc) is 2.03. The summed E-state index contributed by atoms with van der Waals surface area (Å²) in [6.45, 7) is 9.66. The summed E-state index contributed by atoms with van der Waals surface area (Å²) >= 11 is 0. The Morgan fingerprint density at radius 3 is 2.33 bits per heavy atom. The molecule has 0 aliphatic rings. The van der Waals surface area contributed by atoms with Gasteiger partial charge in [0, 0.05) is 0 Å². The lowest BCUT2D eigenvalue weighted by atomic mass is 9.95. The van der Waals surface area contributed by atoms with Gasteiger partial charge >= 0.3 is 0 Å². The van der Waals surface area contributed by atoms with Crippen LogP contribution in [0.5, 0.6) is 0 Å². The number of hydrogen-bond donors (Lipinski definition) is 0. The second-order valence-electron chi connectivity index (χ2n) is 2.83. The zero-order valence-electron chi connectivity index (χ0n) is 7.96. The Morgan fingerprint density at radius 1 is 1.50 bits per heavy atom. The van der Waals surface area contributed by atoms with Crippen LogP contribution in [0.3, 0.4) is 0 Å². The maximum Gasteiger partial charge on any atom is 0.0994 e. The number of rotatable bonds is 3. The van der Waals surface area contributed by atoms with Gasteiger partial charge in [0.05, 0.1) is 11.6 Å². The highest BCUT2D eigenvalue weighted by Crippen LogP contribution is 2.18. The van der Waals surface area contributed by atoms with E-state index in [2.05, 4.69) is 26.5 Å². The second kappa shape index (κ2) is 5.37. The molecule has 0 aliphatic carbocycles. The van der Waals surface area contributed by atoms with Gasteiger partial charge in [-0.3, -0.25) is 0 Å². The van der Waals surface area contributed by atoms with Gasteiger partial charge in [-0.15, -0.1) is 0 Å². The average molecular weight is 161 g/mol. The van der Waals surface area contributed by atoms with Crippen molar-refractivity contribution in [1.82, 2.24) is 0 Å². The van der Waals surface area contributed by atoms with Crippen LogP contribution in [0.2, 0.25) is 0 Å². The molecule has 64 valence electrons. The molecule has 0 rings (SSSR count). The van der Waals surface area contributed by atoms with E-state index < -0.39 is 0 Å². The fourth-order valence-corrected chi connectivity index (χ4v) is 1.12. The minimum atomic E-state index is 0.390. The van der Waals surface area contributed by atoms with E-state index in [0.29, 0.717) is 11.5 Å². The fraction of sp³-hybridized carbons (Fsp3) is 0.364. The van der Waals surface area contributed by atoms with Gasteiger partial charge in [-0.25, -0.2) is 0 Å². The second-order valence-corrected chi connectivity index (χ2v) is 2.83. The molecule has 0 aromatic carbocycles. The van der Waals surface area contributed by atoms with Crippen LogP contribution >= 0.6 is 0 Å². The molecule has 0 bridgehead atoms. The maximum absolute atomic E-state index is 8.80. The smallest absolute Gasteiger partial charge is 0.0994 e. The highest BCUT2D eigenvalue weighted by Gasteiger charge is 2.06. The Kier molecular flexibility index (Phi) is 4.79. The lowest BCUT2D eigenvalue weighted by Gasteiger charge is -2.08. The standard InChI is InChI=1S/C11H15N/c1-5-7-10(8-12)11(6-2)9(3)4/h5-7,9H,1H2,2-4H3/b10-7-,11-6-. The summed E-state index contributed by atoms with van der Waals surface area (Å²) in [4.78, 5) is 0. The molecular formula is C11H15N. The maximum atomic E-state index is 8.80. The molecule has 12 heavy (non-hydrogen) atoms. The van der Waals surface area contributed by atoms with Gasteiger partial charge < -0.3 is 0 Å². The molecule has 0 aromatic heterocycles. The number of hydrogen-bond acceptors (Lipinski definition) is 1. The zero-order valence-corrected chi connectivity index (χ0v) is 7.96. The summed E-state index contributed by atoms with van der Waals surface area (Å²) in [5.41, 5.74) is 1.79. The molecule has 0 aromatic rings. The van der Waals surface area contributed by atoms with Crippen molar-refractivity contribution in [3.05, 3.63) is 36.0 Å². The van der Waals surface area contributed by atoms with Crippen molar-refractivity contribution in [3.63, 3.8) is 0 Å². The lowest BCUT2D eigenvalue weighted by Crippen LogP contribution is -1.95. The Labute approximate surface area is 74.7 Å². The van der Waals surface area contributed by atoms with E-state index in [4.69, 9.17) is 5.26 Å². The van der Waals surface area contributed by atoms with E-state index >= 15 is 0 Å². The van der Waals surface area contributed by atoms with Crippen molar-refractivity contribution in [2.45, 2.75) is 20.8 Å². The minimum absolute atomic E-state index is 0.390. The Hall–Kier alpha value is -1.29. The van der Waals surface area contributed by atoms with Gasteiger partial charge in [0.25, 0.3) is 0 Å².